The molecule has 0 radical (unpaired) electrons. The predicted molar refractivity (Wildman–Crippen MR) is 103 cm³/mol. The molecule has 0 saturated carbocycles. The molecule has 3 aromatic rings. The number of carbonyl (C=O) groups excluding carboxylic acids is 1. The van der Waals surface area contributed by atoms with Crippen LogP contribution in [0.2, 0.25) is 0 Å². The van der Waals surface area contributed by atoms with Crippen LogP contribution in [0.1, 0.15) is 40.6 Å². The van der Waals surface area contributed by atoms with E-state index in [1.807, 2.05) is 66.0 Å². The van der Waals surface area contributed by atoms with Gasteiger partial charge in [0.15, 0.2) is 5.82 Å². The lowest BCUT2D eigenvalue weighted by Gasteiger charge is -2.32. The van der Waals surface area contributed by atoms with Crippen LogP contribution >= 0.6 is 0 Å². The van der Waals surface area contributed by atoms with Crippen LogP contribution in [0.3, 0.4) is 0 Å². The maximum absolute atomic E-state index is 12.8. The van der Waals surface area contributed by atoms with E-state index in [0.29, 0.717) is 6.54 Å². The first-order chi connectivity index (χ1) is 13.1. The van der Waals surface area contributed by atoms with Gasteiger partial charge in [-0.15, -0.1) is 0 Å². The molecule has 3 heterocycles. The summed E-state index contributed by atoms with van der Waals surface area (Å²) in [4.78, 5) is 28.4. The third kappa shape index (κ3) is 3.60. The minimum atomic E-state index is 0.0930. The van der Waals surface area contributed by atoms with Gasteiger partial charge < -0.3 is 9.47 Å². The van der Waals surface area contributed by atoms with Gasteiger partial charge in [-0.2, -0.15) is 0 Å². The van der Waals surface area contributed by atoms with Crippen molar-refractivity contribution in [1.82, 2.24) is 24.4 Å². The Bertz CT molecular complexity index is 950. The molecule has 2 aromatic heterocycles. The van der Waals surface area contributed by atoms with Gasteiger partial charge in [-0.05, 0) is 38.0 Å². The Hall–Kier alpha value is -3.02. The van der Waals surface area contributed by atoms with Gasteiger partial charge in [0, 0.05) is 49.7 Å². The zero-order valence-corrected chi connectivity index (χ0v) is 15.7. The number of nitrogens with zero attached hydrogens (tertiary/aromatic N) is 5. The van der Waals surface area contributed by atoms with Gasteiger partial charge in [0.25, 0.3) is 5.91 Å². The van der Waals surface area contributed by atoms with Gasteiger partial charge in [-0.3, -0.25) is 4.79 Å². The number of hydrogen-bond donors (Lipinski definition) is 0. The first-order valence-corrected chi connectivity index (χ1v) is 9.29. The monoisotopic (exact) mass is 361 g/mol. The van der Waals surface area contributed by atoms with E-state index in [0.717, 1.165) is 48.0 Å². The fourth-order valence-electron chi connectivity index (χ4n) is 3.69. The van der Waals surface area contributed by atoms with Crippen molar-refractivity contribution in [3.8, 4) is 11.5 Å². The van der Waals surface area contributed by atoms with E-state index in [9.17, 15) is 4.79 Å². The molecule has 0 spiro atoms. The molecule has 0 N–H and O–H groups in total. The van der Waals surface area contributed by atoms with Crippen molar-refractivity contribution in [2.45, 2.75) is 25.7 Å². The Kier molecular flexibility index (Phi) is 4.71. The van der Waals surface area contributed by atoms with E-state index in [-0.39, 0.29) is 11.8 Å². The Balaban J connectivity index is 1.59. The number of hydrogen-bond acceptors (Lipinski definition) is 4. The van der Waals surface area contributed by atoms with E-state index in [2.05, 4.69) is 15.0 Å². The third-order valence-electron chi connectivity index (χ3n) is 5.06. The molecule has 0 unspecified atom stereocenters. The normalized spacial score (nSPS) is 17.1. The van der Waals surface area contributed by atoms with Gasteiger partial charge in [0.1, 0.15) is 11.5 Å². The van der Waals surface area contributed by atoms with Crippen molar-refractivity contribution >= 4 is 5.91 Å². The highest BCUT2D eigenvalue weighted by atomic mass is 16.2. The minimum absolute atomic E-state index is 0.0930. The minimum Gasteiger partial charge on any atom is -0.338 e. The van der Waals surface area contributed by atoms with Gasteiger partial charge in [0.2, 0.25) is 0 Å². The molecular weight excluding hydrogens is 338 g/mol. The van der Waals surface area contributed by atoms with Crippen LogP contribution in [-0.4, -0.2) is 43.4 Å². The summed E-state index contributed by atoms with van der Waals surface area (Å²) in [6.45, 7) is 3.39. The lowest BCUT2D eigenvalue weighted by atomic mass is 9.93. The molecule has 138 valence electrons. The maximum Gasteiger partial charge on any atom is 0.253 e. The average molecular weight is 361 g/mol. The predicted octanol–water partition coefficient (Wildman–Crippen LogP) is 3.21. The second-order valence-corrected chi connectivity index (χ2v) is 7.04. The number of likely N-dealkylation sites (tertiary alicyclic amines) is 1. The number of benzene rings is 1. The number of imidazole rings is 1. The highest BCUT2D eigenvalue weighted by Crippen LogP contribution is 2.28. The third-order valence-corrected chi connectivity index (χ3v) is 5.06. The SMILES string of the molecule is Cc1nc(-c2nccn2C)cc([C@H]2CCCN(C(=O)c3ccccc3)C2)n1. The van der Waals surface area contributed by atoms with E-state index in [4.69, 9.17) is 0 Å². The van der Waals surface area contributed by atoms with Crippen LogP contribution in [-0.2, 0) is 7.05 Å². The van der Waals surface area contributed by atoms with E-state index < -0.39 is 0 Å². The molecule has 1 saturated heterocycles. The Morgan fingerprint density at radius 2 is 2.00 bits per heavy atom. The molecule has 4 rings (SSSR count). The molecule has 27 heavy (non-hydrogen) atoms. The van der Waals surface area contributed by atoms with Gasteiger partial charge >= 0.3 is 0 Å². The van der Waals surface area contributed by atoms with Gasteiger partial charge in [0.05, 0.1) is 0 Å². The fraction of sp³-hybridized carbons (Fsp3) is 0.333. The van der Waals surface area contributed by atoms with Crippen molar-refractivity contribution in [2.24, 2.45) is 7.05 Å². The van der Waals surface area contributed by atoms with Crippen molar-refractivity contribution in [3.63, 3.8) is 0 Å². The summed E-state index contributed by atoms with van der Waals surface area (Å²) in [6, 6.07) is 11.5. The van der Waals surface area contributed by atoms with Gasteiger partial charge in [-0.1, -0.05) is 18.2 Å². The summed E-state index contributed by atoms with van der Waals surface area (Å²) in [7, 11) is 1.96. The molecule has 0 bridgehead atoms. The lowest BCUT2D eigenvalue weighted by Crippen LogP contribution is -2.39. The topological polar surface area (TPSA) is 63.9 Å². The summed E-state index contributed by atoms with van der Waals surface area (Å²) in [6.07, 6.45) is 5.68. The molecular formula is C21H23N5O. The first-order valence-electron chi connectivity index (χ1n) is 9.29. The average Bonchev–Trinajstić information content (AvgIpc) is 3.14. The molecule has 0 aliphatic carbocycles. The molecule has 1 amide bonds. The summed E-state index contributed by atoms with van der Waals surface area (Å²) in [5.41, 5.74) is 2.56. The number of aryl methyl sites for hydroxylation is 2. The van der Waals surface area contributed by atoms with Crippen LogP contribution < -0.4 is 0 Å². The van der Waals surface area contributed by atoms with Crippen LogP contribution in [0.4, 0.5) is 0 Å². The number of rotatable bonds is 3. The van der Waals surface area contributed by atoms with E-state index in [1.54, 1.807) is 6.20 Å². The molecule has 1 aliphatic heterocycles. The zero-order valence-electron chi connectivity index (χ0n) is 15.7. The standard InChI is InChI=1S/C21H23N5O/c1-15-23-18(13-19(24-15)20-22-10-12-25(20)2)17-9-6-11-26(14-17)21(27)16-7-4-3-5-8-16/h3-5,7-8,10,12-13,17H,6,9,11,14H2,1-2H3/t17-/m0/s1. The maximum atomic E-state index is 12.8. The van der Waals surface area contributed by atoms with E-state index >= 15 is 0 Å². The molecule has 1 aromatic carbocycles. The highest BCUT2D eigenvalue weighted by Gasteiger charge is 2.27. The van der Waals surface area contributed by atoms with Crippen molar-refractivity contribution in [2.75, 3.05) is 13.1 Å². The number of amides is 1. The van der Waals surface area contributed by atoms with Crippen LogP contribution in [0.5, 0.6) is 0 Å². The lowest BCUT2D eigenvalue weighted by molar-refractivity contribution is 0.0706. The second-order valence-electron chi connectivity index (χ2n) is 7.04. The Morgan fingerprint density at radius 3 is 2.74 bits per heavy atom. The molecule has 1 fully saturated rings. The number of aromatic nitrogens is 4. The van der Waals surface area contributed by atoms with Crippen LogP contribution in [0, 0.1) is 6.92 Å². The largest absolute Gasteiger partial charge is 0.338 e. The Morgan fingerprint density at radius 1 is 1.19 bits per heavy atom. The van der Waals surface area contributed by atoms with Gasteiger partial charge in [-0.25, -0.2) is 15.0 Å². The first kappa shape index (κ1) is 17.4. The number of carbonyl (C=O) groups is 1. The summed E-state index contributed by atoms with van der Waals surface area (Å²) < 4.78 is 1.96. The zero-order chi connectivity index (χ0) is 18.8. The molecule has 6 nitrogen and oxygen atoms in total. The Labute approximate surface area is 158 Å². The van der Waals surface area contributed by atoms with Crippen LogP contribution in [0.25, 0.3) is 11.5 Å². The number of piperidine rings is 1. The molecule has 6 heteroatoms. The van der Waals surface area contributed by atoms with Crippen molar-refractivity contribution < 1.29 is 4.79 Å². The smallest absolute Gasteiger partial charge is 0.253 e. The molecule has 1 aliphatic rings. The highest BCUT2D eigenvalue weighted by molar-refractivity contribution is 5.94. The molecule has 1 atom stereocenters. The quantitative estimate of drug-likeness (QED) is 0.719. The summed E-state index contributed by atoms with van der Waals surface area (Å²) in [5, 5.41) is 0. The fourth-order valence-corrected chi connectivity index (χ4v) is 3.69. The summed E-state index contributed by atoms with van der Waals surface area (Å²) >= 11 is 0. The van der Waals surface area contributed by atoms with Crippen molar-refractivity contribution in [3.05, 3.63) is 65.9 Å². The summed E-state index contributed by atoms with van der Waals surface area (Å²) in [5.74, 6) is 1.87. The van der Waals surface area contributed by atoms with Crippen molar-refractivity contribution in [1.29, 1.82) is 0 Å². The second kappa shape index (κ2) is 7.31. The van der Waals surface area contributed by atoms with E-state index in [1.165, 1.54) is 0 Å². The van der Waals surface area contributed by atoms with Crippen LogP contribution in [0.15, 0.2) is 48.8 Å².